The Morgan fingerprint density at radius 2 is 1.67 bits per heavy atom. The van der Waals surface area contributed by atoms with E-state index in [1.54, 1.807) is 30.5 Å². The van der Waals surface area contributed by atoms with Crippen LogP contribution in [0, 0.1) is 0 Å². The molecule has 4 nitrogen and oxygen atoms in total. The van der Waals surface area contributed by atoms with Gasteiger partial charge in [-0.15, -0.1) is 0 Å². The van der Waals surface area contributed by atoms with Gasteiger partial charge in [0.05, 0.1) is 28.5 Å². The summed E-state index contributed by atoms with van der Waals surface area (Å²) in [7, 11) is 0. The van der Waals surface area contributed by atoms with Gasteiger partial charge in [0.2, 0.25) is 0 Å². The molecule has 0 fully saturated rings. The Balaban J connectivity index is 1.85. The van der Waals surface area contributed by atoms with Crippen molar-refractivity contribution in [1.29, 1.82) is 0 Å². The average molecular weight is 276 g/mol. The van der Waals surface area contributed by atoms with Crippen molar-refractivity contribution in [2.75, 3.05) is 0 Å². The van der Waals surface area contributed by atoms with Crippen LogP contribution < -0.4 is 0 Å². The molecule has 0 aliphatic carbocycles. The average Bonchev–Trinajstić information content (AvgIpc) is 2.53. The second-order valence-corrected chi connectivity index (χ2v) is 4.54. The predicted molar refractivity (Wildman–Crippen MR) is 81.9 cm³/mol. The highest BCUT2D eigenvalue weighted by atomic mass is 16.4. The molecule has 0 atom stereocenters. The van der Waals surface area contributed by atoms with Crippen molar-refractivity contribution in [2.45, 2.75) is 0 Å². The van der Waals surface area contributed by atoms with Crippen molar-refractivity contribution < 1.29 is 9.90 Å². The van der Waals surface area contributed by atoms with E-state index in [9.17, 15) is 4.79 Å². The van der Waals surface area contributed by atoms with Crippen molar-refractivity contribution in [1.82, 2.24) is 9.97 Å². The van der Waals surface area contributed by atoms with Gasteiger partial charge in [-0.1, -0.05) is 30.3 Å². The van der Waals surface area contributed by atoms with Crippen LogP contribution in [0.25, 0.3) is 23.2 Å². The molecular weight excluding hydrogens is 264 g/mol. The zero-order chi connectivity index (χ0) is 14.7. The molecule has 0 saturated carbocycles. The normalized spacial score (nSPS) is 11.0. The molecule has 0 bridgehead atoms. The Kier molecular flexibility index (Phi) is 3.43. The SMILES string of the molecule is O=C(O)c1ccc(C=Cc2cnc3ccccc3n2)cc1. The quantitative estimate of drug-likeness (QED) is 0.795. The van der Waals surface area contributed by atoms with Crippen LogP contribution in [0.4, 0.5) is 0 Å². The first-order valence-corrected chi connectivity index (χ1v) is 6.45. The molecule has 3 aromatic rings. The van der Waals surface area contributed by atoms with Crippen LogP contribution >= 0.6 is 0 Å². The number of hydrogen-bond donors (Lipinski definition) is 1. The van der Waals surface area contributed by atoms with Crippen LogP contribution in [0.2, 0.25) is 0 Å². The number of benzene rings is 2. The number of nitrogens with zero attached hydrogens (tertiary/aromatic N) is 2. The molecule has 0 unspecified atom stereocenters. The summed E-state index contributed by atoms with van der Waals surface area (Å²) in [6.45, 7) is 0. The van der Waals surface area contributed by atoms with Crippen LogP contribution in [-0.4, -0.2) is 21.0 Å². The third kappa shape index (κ3) is 2.95. The molecule has 0 amide bonds. The lowest BCUT2D eigenvalue weighted by Gasteiger charge is -1.98. The number of hydrogen-bond acceptors (Lipinski definition) is 3. The highest BCUT2D eigenvalue weighted by Gasteiger charge is 2.00. The van der Waals surface area contributed by atoms with Gasteiger partial charge < -0.3 is 5.11 Å². The van der Waals surface area contributed by atoms with Gasteiger partial charge in [0, 0.05) is 0 Å². The number of fused-ring (bicyclic) bond motifs is 1. The summed E-state index contributed by atoms with van der Waals surface area (Å²) in [6, 6.07) is 14.4. The molecule has 21 heavy (non-hydrogen) atoms. The molecule has 0 aliphatic heterocycles. The lowest BCUT2D eigenvalue weighted by molar-refractivity contribution is 0.0697. The summed E-state index contributed by atoms with van der Waals surface area (Å²) < 4.78 is 0. The molecule has 3 rings (SSSR count). The topological polar surface area (TPSA) is 63.1 Å². The fourth-order valence-electron chi connectivity index (χ4n) is 1.97. The first-order valence-electron chi connectivity index (χ1n) is 6.45. The lowest BCUT2D eigenvalue weighted by atomic mass is 10.1. The van der Waals surface area contributed by atoms with E-state index in [0.717, 1.165) is 22.3 Å². The number of carboxylic acids is 1. The number of aromatic nitrogens is 2. The van der Waals surface area contributed by atoms with Crippen LogP contribution in [0.5, 0.6) is 0 Å². The summed E-state index contributed by atoms with van der Waals surface area (Å²) in [6.07, 6.45) is 5.45. The Morgan fingerprint density at radius 3 is 2.38 bits per heavy atom. The predicted octanol–water partition coefficient (Wildman–Crippen LogP) is 3.50. The standard InChI is InChI=1S/C17H12N2O2/c20-17(21)13-8-5-12(6-9-13)7-10-14-11-18-15-3-1-2-4-16(15)19-14/h1-11H,(H,20,21). The molecule has 1 heterocycles. The molecule has 0 saturated heterocycles. The third-order valence-corrected chi connectivity index (χ3v) is 3.07. The number of para-hydroxylation sites is 2. The fraction of sp³-hybridized carbons (Fsp3) is 0. The van der Waals surface area contributed by atoms with E-state index in [2.05, 4.69) is 9.97 Å². The van der Waals surface area contributed by atoms with Crippen LogP contribution in [0.1, 0.15) is 21.6 Å². The molecule has 1 N–H and O–H groups in total. The van der Waals surface area contributed by atoms with E-state index < -0.39 is 5.97 Å². The Bertz CT molecular complexity index is 824. The first kappa shape index (κ1) is 13.0. The Morgan fingerprint density at radius 1 is 0.952 bits per heavy atom. The minimum Gasteiger partial charge on any atom is -0.478 e. The highest BCUT2D eigenvalue weighted by molar-refractivity contribution is 5.88. The van der Waals surface area contributed by atoms with E-state index in [0.29, 0.717) is 0 Å². The lowest BCUT2D eigenvalue weighted by Crippen LogP contribution is -1.94. The van der Waals surface area contributed by atoms with Gasteiger partial charge in [-0.05, 0) is 35.9 Å². The number of carboxylic acid groups (broad SMARTS) is 1. The highest BCUT2D eigenvalue weighted by Crippen LogP contribution is 2.12. The molecule has 4 heteroatoms. The minimum absolute atomic E-state index is 0.276. The second kappa shape index (κ2) is 5.54. The van der Waals surface area contributed by atoms with Crippen molar-refractivity contribution >= 4 is 29.2 Å². The van der Waals surface area contributed by atoms with Crippen molar-refractivity contribution in [3.63, 3.8) is 0 Å². The monoisotopic (exact) mass is 276 g/mol. The summed E-state index contributed by atoms with van der Waals surface area (Å²) in [4.78, 5) is 19.6. The fourth-order valence-corrected chi connectivity index (χ4v) is 1.97. The van der Waals surface area contributed by atoms with E-state index >= 15 is 0 Å². The Labute approximate surface area is 121 Å². The molecule has 1 aromatic heterocycles. The first-order chi connectivity index (χ1) is 10.2. The number of rotatable bonds is 3. The van der Waals surface area contributed by atoms with E-state index in [1.165, 1.54) is 0 Å². The maximum atomic E-state index is 10.8. The summed E-state index contributed by atoms with van der Waals surface area (Å²) in [5.74, 6) is -0.925. The van der Waals surface area contributed by atoms with Crippen LogP contribution in [0.3, 0.4) is 0 Å². The molecule has 102 valence electrons. The largest absolute Gasteiger partial charge is 0.478 e. The molecule has 0 aliphatic rings. The van der Waals surface area contributed by atoms with Gasteiger partial charge >= 0.3 is 5.97 Å². The van der Waals surface area contributed by atoms with Crippen molar-refractivity contribution in [3.05, 3.63) is 71.5 Å². The van der Waals surface area contributed by atoms with E-state index in [4.69, 9.17) is 5.11 Å². The van der Waals surface area contributed by atoms with Gasteiger partial charge in [0.25, 0.3) is 0 Å². The molecule has 0 radical (unpaired) electrons. The van der Waals surface area contributed by atoms with Gasteiger partial charge in [-0.25, -0.2) is 9.78 Å². The molecule has 2 aromatic carbocycles. The van der Waals surface area contributed by atoms with Gasteiger partial charge in [-0.3, -0.25) is 4.98 Å². The summed E-state index contributed by atoms with van der Waals surface area (Å²) >= 11 is 0. The maximum Gasteiger partial charge on any atom is 0.335 e. The zero-order valence-electron chi connectivity index (χ0n) is 11.1. The van der Waals surface area contributed by atoms with Crippen LogP contribution in [0.15, 0.2) is 54.7 Å². The smallest absolute Gasteiger partial charge is 0.335 e. The number of carbonyl (C=O) groups is 1. The Hall–Kier alpha value is -3.01. The minimum atomic E-state index is -0.925. The van der Waals surface area contributed by atoms with Gasteiger partial charge in [0.1, 0.15) is 0 Å². The van der Waals surface area contributed by atoms with Crippen LogP contribution in [-0.2, 0) is 0 Å². The van der Waals surface area contributed by atoms with E-state index in [-0.39, 0.29) is 5.56 Å². The van der Waals surface area contributed by atoms with Crippen molar-refractivity contribution in [2.24, 2.45) is 0 Å². The number of aromatic carboxylic acids is 1. The molecular formula is C17H12N2O2. The van der Waals surface area contributed by atoms with E-state index in [1.807, 2.05) is 36.4 Å². The molecule has 0 spiro atoms. The van der Waals surface area contributed by atoms with Gasteiger partial charge in [0.15, 0.2) is 0 Å². The van der Waals surface area contributed by atoms with Gasteiger partial charge in [-0.2, -0.15) is 0 Å². The van der Waals surface area contributed by atoms with Crippen molar-refractivity contribution in [3.8, 4) is 0 Å². The zero-order valence-corrected chi connectivity index (χ0v) is 11.1. The third-order valence-electron chi connectivity index (χ3n) is 3.07. The second-order valence-electron chi connectivity index (χ2n) is 4.54. The maximum absolute atomic E-state index is 10.8. The summed E-state index contributed by atoms with van der Waals surface area (Å²) in [5, 5.41) is 8.85. The summed E-state index contributed by atoms with van der Waals surface area (Å²) in [5.41, 5.74) is 3.66.